The number of hydrogen-bond acceptors (Lipinski definition) is 4. The van der Waals surface area contributed by atoms with Crippen molar-refractivity contribution in [2.45, 2.75) is 71.1 Å². The van der Waals surface area contributed by atoms with Gasteiger partial charge in [0.2, 0.25) is 5.12 Å². The van der Waals surface area contributed by atoms with Crippen LogP contribution in [0.5, 0.6) is 0 Å². The Morgan fingerprint density at radius 1 is 0.923 bits per heavy atom. The second kappa shape index (κ2) is 14.7. The summed E-state index contributed by atoms with van der Waals surface area (Å²) in [7, 11) is 0. The molecular formula is C22H32O3S. The Morgan fingerprint density at radius 2 is 1.50 bits per heavy atom. The fraction of sp³-hybridized carbons (Fsp3) is 0.591. The highest BCUT2D eigenvalue weighted by Crippen LogP contribution is 2.24. The van der Waals surface area contributed by atoms with Crippen LogP contribution in [0.15, 0.2) is 36.5 Å². The van der Waals surface area contributed by atoms with E-state index in [1.807, 2.05) is 0 Å². The van der Waals surface area contributed by atoms with Crippen LogP contribution in [-0.2, 0) is 14.4 Å². The summed E-state index contributed by atoms with van der Waals surface area (Å²) in [6, 6.07) is 0. The summed E-state index contributed by atoms with van der Waals surface area (Å²) in [5, 5.41) is -0.262. The van der Waals surface area contributed by atoms with Crippen LogP contribution in [-0.4, -0.2) is 22.4 Å². The number of allylic oxidation sites excluding steroid dienone is 6. The molecule has 0 aromatic carbocycles. The first-order chi connectivity index (χ1) is 12.7. The largest absolute Gasteiger partial charge is 0.298 e. The zero-order chi connectivity index (χ0) is 19.0. The summed E-state index contributed by atoms with van der Waals surface area (Å²) < 4.78 is 0. The number of hydrogen-bond donors (Lipinski definition) is 0. The lowest BCUT2D eigenvalue weighted by Crippen LogP contribution is -2.25. The number of carbonyl (C=O) groups excluding carboxylic acids is 3. The van der Waals surface area contributed by atoms with Gasteiger partial charge in [0.15, 0.2) is 11.6 Å². The molecule has 1 atom stereocenters. The molecule has 0 N–H and O–H groups in total. The molecule has 1 saturated heterocycles. The van der Waals surface area contributed by atoms with E-state index in [0.29, 0.717) is 6.42 Å². The van der Waals surface area contributed by atoms with Gasteiger partial charge in [-0.3, -0.25) is 14.4 Å². The summed E-state index contributed by atoms with van der Waals surface area (Å²) in [5.74, 6) is -1.21. The Hall–Kier alpha value is -1.42. The Balaban J connectivity index is 1.99. The van der Waals surface area contributed by atoms with E-state index in [2.05, 4.69) is 43.4 Å². The maximum atomic E-state index is 11.9. The van der Waals surface area contributed by atoms with Gasteiger partial charge in [0.1, 0.15) is 5.92 Å². The highest BCUT2D eigenvalue weighted by atomic mass is 32.2. The van der Waals surface area contributed by atoms with E-state index in [1.54, 1.807) is 0 Å². The van der Waals surface area contributed by atoms with Gasteiger partial charge in [-0.2, -0.15) is 0 Å². The van der Waals surface area contributed by atoms with Crippen LogP contribution in [0, 0.1) is 5.92 Å². The maximum absolute atomic E-state index is 11.9. The van der Waals surface area contributed by atoms with E-state index in [0.717, 1.165) is 43.9 Å². The van der Waals surface area contributed by atoms with Crippen molar-refractivity contribution in [2.75, 3.05) is 5.75 Å². The third-order valence-electron chi connectivity index (χ3n) is 4.30. The minimum Gasteiger partial charge on any atom is -0.298 e. The van der Waals surface area contributed by atoms with Crippen LogP contribution in [0.25, 0.3) is 0 Å². The van der Waals surface area contributed by atoms with Crippen LogP contribution in [0.1, 0.15) is 71.1 Å². The number of ketones is 2. The average molecular weight is 377 g/mol. The number of unbranched alkanes of at least 4 members (excludes halogenated alkanes) is 5. The Labute approximate surface area is 162 Å². The molecule has 0 bridgehead atoms. The first-order valence-corrected chi connectivity index (χ1v) is 10.8. The van der Waals surface area contributed by atoms with E-state index in [9.17, 15) is 14.4 Å². The van der Waals surface area contributed by atoms with Crippen LogP contribution >= 0.6 is 11.8 Å². The quantitative estimate of drug-likeness (QED) is 0.225. The molecule has 1 unspecified atom stereocenters. The van der Waals surface area contributed by atoms with Crippen molar-refractivity contribution in [3.05, 3.63) is 36.5 Å². The molecule has 144 valence electrons. The number of rotatable bonds is 14. The predicted molar refractivity (Wildman–Crippen MR) is 110 cm³/mol. The van der Waals surface area contributed by atoms with Gasteiger partial charge in [-0.05, 0) is 44.9 Å². The molecule has 0 amide bonds. The summed E-state index contributed by atoms with van der Waals surface area (Å²) >= 11 is 0.975. The molecule has 0 aromatic rings. The van der Waals surface area contributed by atoms with E-state index in [-0.39, 0.29) is 22.4 Å². The van der Waals surface area contributed by atoms with Crippen molar-refractivity contribution in [1.29, 1.82) is 0 Å². The normalized spacial score (nSPS) is 18.1. The Morgan fingerprint density at radius 3 is 2.04 bits per heavy atom. The van der Waals surface area contributed by atoms with Gasteiger partial charge in [-0.1, -0.05) is 68.0 Å². The molecule has 1 fully saturated rings. The molecule has 0 saturated carbocycles. The van der Waals surface area contributed by atoms with E-state index < -0.39 is 5.92 Å². The minimum atomic E-state index is -0.971. The average Bonchev–Trinajstić information content (AvgIpc) is 2.96. The lowest BCUT2D eigenvalue weighted by atomic mass is 9.97. The van der Waals surface area contributed by atoms with E-state index in [1.165, 1.54) is 25.7 Å². The minimum absolute atomic E-state index is 0.167. The molecule has 1 aliphatic rings. The fourth-order valence-electron chi connectivity index (χ4n) is 2.75. The van der Waals surface area contributed by atoms with Gasteiger partial charge in [0.25, 0.3) is 0 Å². The highest BCUT2D eigenvalue weighted by molar-refractivity contribution is 8.15. The van der Waals surface area contributed by atoms with Gasteiger partial charge < -0.3 is 0 Å². The molecule has 3 nitrogen and oxygen atoms in total. The fourth-order valence-corrected chi connectivity index (χ4v) is 3.63. The van der Waals surface area contributed by atoms with Crippen molar-refractivity contribution in [2.24, 2.45) is 5.92 Å². The Bertz CT molecular complexity index is 516. The first-order valence-electron chi connectivity index (χ1n) is 9.83. The van der Waals surface area contributed by atoms with Crippen LogP contribution in [0.4, 0.5) is 0 Å². The summed E-state index contributed by atoms with van der Waals surface area (Å²) in [6.45, 7) is 2.22. The number of carbonyl (C=O) groups is 3. The number of Topliss-reactive ketones (excluding diaryl/α,β-unsaturated/α-hetero) is 2. The van der Waals surface area contributed by atoms with Crippen LogP contribution in [0.2, 0.25) is 0 Å². The summed E-state index contributed by atoms with van der Waals surface area (Å²) in [6.07, 6.45) is 23.0. The van der Waals surface area contributed by atoms with Gasteiger partial charge in [-0.15, -0.1) is 0 Å². The molecule has 0 aromatic heterocycles. The predicted octanol–water partition coefficient (Wildman–Crippen LogP) is 5.60. The molecule has 0 spiro atoms. The molecule has 0 aliphatic carbocycles. The molecule has 0 radical (unpaired) electrons. The van der Waals surface area contributed by atoms with Crippen LogP contribution < -0.4 is 0 Å². The van der Waals surface area contributed by atoms with Crippen molar-refractivity contribution in [3.8, 4) is 0 Å². The topological polar surface area (TPSA) is 51.2 Å². The van der Waals surface area contributed by atoms with Gasteiger partial charge >= 0.3 is 0 Å². The van der Waals surface area contributed by atoms with Crippen LogP contribution in [0.3, 0.4) is 0 Å². The first kappa shape index (κ1) is 22.6. The lowest BCUT2D eigenvalue weighted by Gasteiger charge is -2.04. The third kappa shape index (κ3) is 9.91. The molecule has 1 heterocycles. The van der Waals surface area contributed by atoms with E-state index >= 15 is 0 Å². The number of thioether (sulfide) groups is 1. The summed E-state index contributed by atoms with van der Waals surface area (Å²) in [5.41, 5.74) is 0. The van der Waals surface area contributed by atoms with Crippen molar-refractivity contribution in [1.82, 2.24) is 0 Å². The maximum Gasteiger partial charge on any atom is 0.207 e. The highest BCUT2D eigenvalue weighted by Gasteiger charge is 2.38. The van der Waals surface area contributed by atoms with Gasteiger partial charge in [0.05, 0.1) is 5.75 Å². The van der Waals surface area contributed by atoms with Gasteiger partial charge in [-0.25, -0.2) is 0 Å². The second-order valence-electron chi connectivity index (χ2n) is 6.60. The Kier molecular flexibility index (Phi) is 12.8. The van der Waals surface area contributed by atoms with Crippen molar-refractivity contribution >= 4 is 28.4 Å². The smallest absolute Gasteiger partial charge is 0.207 e. The lowest BCUT2D eigenvalue weighted by molar-refractivity contribution is -0.134. The molecule has 1 rings (SSSR count). The van der Waals surface area contributed by atoms with Crippen molar-refractivity contribution in [3.63, 3.8) is 0 Å². The zero-order valence-electron chi connectivity index (χ0n) is 16.0. The monoisotopic (exact) mass is 376 g/mol. The SMILES string of the molecule is CCCCCC=CCC=CCC=CCCCCC(=O)C1C(=O)CSC1=O. The molecular weight excluding hydrogens is 344 g/mol. The van der Waals surface area contributed by atoms with Crippen molar-refractivity contribution < 1.29 is 14.4 Å². The second-order valence-corrected chi connectivity index (χ2v) is 7.58. The van der Waals surface area contributed by atoms with E-state index in [4.69, 9.17) is 0 Å². The molecule has 4 heteroatoms. The zero-order valence-corrected chi connectivity index (χ0v) is 16.8. The standard InChI is InChI=1S/C22H32O3S/c1-2-3-4-5-6-7-8-9-10-11-12-13-14-15-16-17-19(23)21-20(24)18-26-22(21)25/h6-7,9-10,12-13,21H,2-5,8,11,14-18H2,1H3. The molecule has 26 heavy (non-hydrogen) atoms. The summed E-state index contributed by atoms with van der Waals surface area (Å²) in [4.78, 5) is 34.9. The third-order valence-corrected chi connectivity index (χ3v) is 5.25. The molecule has 1 aliphatic heterocycles. The van der Waals surface area contributed by atoms with Gasteiger partial charge in [0, 0.05) is 6.42 Å².